The van der Waals surface area contributed by atoms with E-state index in [-0.39, 0.29) is 5.41 Å². The van der Waals surface area contributed by atoms with Gasteiger partial charge in [-0.15, -0.1) is 0 Å². The number of alkyl halides is 1. The van der Waals surface area contributed by atoms with Crippen LogP contribution in [0, 0.1) is 12.3 Å². The van der Waals surface area contributed by atoms with E-state index < -0.39 is 10.0 Å². The van der Waals surface area contributed by atoms with Crippen LogP contribution < -0.4 is 0 Å². The van der Waals surface area contributed by atoms with Gasteiger partial charge >= 0.3 is 0 Å². The molecular formula is C16H24INO2S. The van der Waals surface area contributed by atoms with Crippen LogP contribution in [0.25, 0.3) is 0 Å². The first-order valence-corrected chi connectivity index (χ1v) is 10.5. The van der Waals surface area contributed by atoms with Gasteiger partial charge in [0.05, 0.1) is 4.90 Å². The molecule has 1 aliphatic heterocycles. The molecule has 1 atom stereocenters. The fourth-order valence-electron chi connectivity index (χ4n) is 2.89. The SMILES string of the molecule is CCCCC1(CI)CCN(S(=O)(=O)c2ccc(C)cc2)C1. The second-order valence-corrected chi connectivity index (χ2v) is 8.84. The minimum Gasteiger partial charge on any atom is -0.207 e. The quantitative estimate of drug-likeness (QED) is 0.515. The predicted octanol–water partition coefficient (Wildman–Crippen LogP) is 4.00. The zero-order valence-electron chi connectivity index (χ0n) is 12.8. The van der Waals surface area contributed by atoms with Crippen LogP contribution in [0.1, 0.15) is 38.2 Å². The molecule has 0 aliphatic carbocycles. The Morgan fingerprint density at radius 1 is 1.29 bits per heavy atom. The smallest absolute Gasteiger partial charge is 0.207 e. The van der Waals surface area contributed by atoms with Gasteiger partial charge in [-0.2, -0.15) is 4.31 Å². The van der Waals surface area contributed by atoms with Crippen LogP contribution in [0.4, 0.5) is 0 Å². The van der Waals surface area contributed by atoms with Crippen LogP contribution >= 0.6 is 22.6 Å². The Morgan fingerprint density at radius 2 is 1.95 bits per heavy atom. The Hall–Kier alpha value is -0.140. The molecule has 1 unspecified atom stereocenters. The lowest BCUT2D eigenvalue weighted by Crippen LogP contribution is -2.33. The lowest BCUT2D eigenvalue weighted by atomic mass is 9.84. The zero-order chi connectivity index (χ0) is 15.5. The highest BCUT2D eigenvalue weighted by Gasteiger charge is 2.41. The Morgan fingerprint density at radius 3 is 2.52 bits per heavy atom. The van der Waals surface area contributed by atoms with Crippen molar-refractivity contribution >= 4 is 32.6 Å². The first-order valence-electron chi connectivity index (χ1n) is 7.56. The number of benzene rings is 1. The maximum Gasteiger partial charge on any atom is 0.243 e. The fraction of sp³-hybridized carbons (Fsp3) is 0.625. The Kier molecular flexibility index (Phi) is 5.71. The number of aryl methyl sites for hydroxylation is 1. The summed E-state index contributed by atoms with van der Waals surface area (Å²) in [5.74, 6) is 0. The van der Waals surface area contributed by atoms with Gasteiger partial charge in [0.15, 0.2) is 0 Å². The summed E-state index contributed by atoms with van der Waals surface area (Å²) in [5.41, 5.74) is 1.26. The molecule has 0 saturated carbocycles. The van der Waals surface area contributed by atoms with Crippen molar-refractivity contribution in [1.82, 2.24) is 4.31 Å². The van der Waals surface area contributed by atoms with Gasteiger partial charge in [-0.1, -0.05) is 60.1 Å². The van der Waals surface area contributed by atoms with Crippen molar-refractivity contribution in [2.45, 2.75) is 44.4 Å². The molecule has 1 heterocycles. The van der Waals surface area contributed by atoms with Gasteiger partial charge in [0.2, 0.25) is 10.0 Å². The summed E-state index contributed by atoms with van der Waals surface area (Å²) in [5, 5.41) is 0. The minimum absolute atomic E-state index is 0.175. The summed E-state index contributed by atoms with van der Waals surface area (Å²) in [6.07, 6.45) is 4.47. The number of unbranched alkanes of at least 4 members (excludes halogenated alkanes) is 1. The molecule has 3 nitrogen and oxygen atoms in total. The molecule has 1 aromatic carbocycles. The third-order valence-electron chi connectivity index (χ3n) is 4.41. The largest absolute Gasteiger partial charge is 0.243 e. The molecule has 0 amide bonds. The molecule has 1 aromatic rings. The molecule has 1 saturated heterocycles. The molecule has 5 heteroatoms. The van der Waals surface area contributed by atoms with Crippen molar-refractivity contribution in [3.05, 3.63) is 29.8 Å². The minimum atomic E-state index is -3.33. The van der Waals surface area contributed by atoms with E-state index in [1.165, 1.54) is 12.8 Å². The summed E-state index contributed by atoms with van der Waals surface area (Å²) >= 11 is 2.42. The van der Waals surface area contributed by atoms with E-state index in [1.54, 1.807) is 16.4 Å². The summed E-state index contributed by atoms with van der Waals surface area (Å²) < 4.78 is 28.2. The summed E-state index contributed by atoms with van der Waals surface area (Å²) in [6, 6.07) is 7.18. The second-order valence-electron chi connectivity index (χ2n) is 6.14. The molecule has 1 aliphatic rings. The normalized spacial score (nSPS) is 23.6. The van der Waals surface area contributed by atoms with Crippen LogP contribution in [0.5, 0.6) is 0 Å². The van der Waals surface area contributed by atoms with Crippen molar-refractivity contribution in [3.63, 3.8) is 0 Å². The third kappa shape index (κ3) is 3.79. The van der Waals surface area contributed by atoms with Gasteiger partial charge in [0.1, 0.15) is 0 Å². The molecule has 0 bridgehead atoms. The first kappa shape index (κ1) is 17.2. The van der Waals surface area contributed by atoms with Crippen molar-refractivity contribution < 1.29 is 8.42 Å². The predicted molar refractivity (Wildman–Crippen MR) is 95.4 cm³/mol. The maximum atomic E-state index is 12.7. The molecule has 0 N–H and O–H groups in total. The monoisotopic (exact) mass is 421 g/mol. The standard InChI is InChI=1S/C16H24INO2S/c1-3-4-9-16(12-17)10-11-18(13-16)21(19,20)15-7-5-14(2)6-8-15/h5-8H,3-4,9-13H2,1-2H3. The first-order chi connectivity index (χ1) is 9.93. The highest BCUT2D eigenvalue weighted by molar-refractivity contribution is 14.1. The zero-order valence-corrected chi connectivity index (χ0v) is 15.8. The average Bonchev–Trinajstić information content (AvgIpc) is 2.91. The molecule has 21 heavy (non-hydrogen) atoms. The van der Waals surface area contributed by atoms with Crippen molar-refractivity contribution in [1.29, 1.82) is 0 Å². The van der Waals surface area contributed by atoms with Crippen molar-refractivity contribution in [2.75, 3.05) is 17.5 Å². The number of hydrogen-bond acceptors (Lipinski definition) is 2. The number of nitrogens with zero attached hydrogens (tertiary/aromatic N) is 1. The van der Waals surface area contributed by atoms with Gasteiger partial charge in [0.25, 0.3) is 0 Å². The highest BCUT2D eigenvalue weighted by Crippen LogP contribution is 2.39. The maximum absolute atomic E-state index is 12.7. The van der Waals surface area contributed by atoms with Gasteiger partial charge < -0.3 is 0 Å². The topological polar surface area (TPSA) is 37.4 Å². The highest BCUT2D eigenvalue weighted by atomic mass is 127. The Balaban J connectivity index is 2.17. The van der Waals surface area contributed by atoms with Crippen LogP contribution in [0.3, 0.4) is 0 Å². The van der Waals surface area contributed by atoms with Gasteiger partial charge in [-0.05, 0) is 37.3 Å². The van der Waals surface area contributed by atoms with E-state index in [1.807, 2.05) is 19.1 Å². The van der Waals surface area contributed by atoms with E-state index in [0.29, 0.717) is 18.0 Å². The van der Waals surface area contributed by atoms with Crippen LogP contribution in [0.15, 0.2) is 29.2 Å². The van der Waals surface area contributed by atoms with Crippen molar-refractivity contribution in [2.24, 2.45) is 5.41 Å². The second kappa shape index (κ2) is 6.96. The van der Waals surface area contributed by atoms with Gasteiger partial charge in [-0.25, -0.2) is 8.42 Å². The molecule has 0 spiro atoms. The van der Waals surface area contributed by atoms with Crippen LogP contribution in [-0.4, -0.2) is 30.2 Å². The molecule has 2 rings (SSSR count). The van der Waals surface area contributed by atoms with E-state index >= 15 is 0 Å². The third-order valence-corrected chi connectivity index (χ3v) is 7.88. The number of sulfonamides is 1. The number of rotatable bonds is 6. The summed E-state index contributed by atoms with van der Waals surface area (Å²) in [6.45, 7) is 5.49. The van der Waals surface area contributed by atoms with Crippen LogP contribution in [0.2, 0.25) is 0 Å². The van der Waals surface area contributed by atoms with E-state index in [2.05, 4.69) is 29.5 Å². The van der Waals surface area contributed by atoms with E-state index in [4.69, 9.17) is 0 Å². The molecule has 118 valence electrons. The number of hydrogen-bond donors (Lipinski definition) is 0. The van der Waals surface area contributed by atoms with E-state index in [9.17, 15) is 8.42 Å². The van der Waals surface area contributed by atoms with Gasteiger partial charge in [-0.3, -0.25) is 0 Å². The molecule has 1 fully saturated rings. The Bertz CT molecular complexity index is 570. The Labute approximate surface area is 142 Å². The fourth-order valence-corrected chi connectivity index (χ4v) is 5.45. The lowest BCUT2D eigenvalue weighted by molar-refractivity contribution is 0.316. The average molecular weight is 421 g/mol. The number of halogens is 1. The van der Waals surface area contributed by atoms with E-state index in [0.717, 1.165) is 22.8 Å². The lowest BCUT2D eigenvalue weighted by Gasteiger charge is -2.27. The van der Waals surface area contributed by atoms with Crippen molar-refractivity contribution in [3.8, 4) is 0 Å². The summed E-state index contributed by atoms with van der Waals surface area (Å²) in [7, 11) is -3.33. The molecule has 0 radical (unpaired) electrons. The van der Waals surface area contributed by atoms with Crippen LogP contribution in [-0.2, 0) is 10.0 Å². The van der Waals surface area contributed by atoms with Gasteiger partial charge in [0, 0.05) is 17.5 Å². The molecule has 0 aromatic heterocycles. The molecular weight excluding hydrogens is 397 g/mol. The summed E-state index contributed by atoms with van der Waals surface area (Å²) in [4.78, 5) is 0.424.